The van der Waals surface area contributed by atoms with Crippen LogP contribution in [0.25, 0.3) is 32.9 Å². The maximum absolute atomic E-state index is 15.0. The summed E-state index contributed by atoms with van der Waals surface area (Å²) in [6, 6.07) is 13.4. The number of aromatic nitrogens is 4. The molecule has 1 amide bonds. The third kappa shape index (κ3) is 5.92. The number of amides is 1. The van der Waals surface area contributed by atoms with Crippen molar-refractivity contribution in [3.63, 3.8) is 0 Å². The fraction of sp³-hybridized carbons (Fsp3) is 0.300. The largest absolute Gasteiger partial charge is 0.494 e. The van der Waals surface area contributed by atoms with Crippen molar-refractivity contribution in [1.82, 2.24) is 19.5 Å². The van der Waals surface area contributed by atoms with Gasteiger partial charge in [0.2, 0.25) is 0 Å². The Morgan fingerprint density at radius 2 is 1.69 bits per heavy atom. The van der Waals surface area contributed by atoms with Gasteiger partial charge >= 0.3 is 5.97 Å². The van der Waals surface area contributed by atoms with E-state index < -0.39 is 5.97 Å². The highest BCUT2D eigenvalue weighted by molar-refractivity contribution is 6.35. The fourth-order valence-corrected chi connectivity index (χ4v) is 7.92. The highest BCUT2D eigenvalue weighted by Gasteiger charge is 2.37. The first kappa shape index (κ1) is 34.6. The standard InChI is InChI=1S/C40H39Cl2N5O4/c1-20-13-26-17-31(40(49)50-7)45-36(26)32(14-20)46-18-23(4)47-37-29(10-11-30(41)34(37)33-24(5)43-19-44-25(33)6)28(38(47)39(46)48)9-8-12-51-27-15-21(2)35(42)22(3)16-27/h10-11,13-17,19,23,45H,8-9,12,18H2,1-7H3/t23-/m1/s1. The van der Waals surface area contributed by atoms with Gasteiger partial charge in [-0.1, -0.05) is 29.3 Å². The normalized spacial score (nSPS) is 14.4. The Bertz CT molecular complexity index is 2350. The van der Waals surface area contributed by atoms with Crippen LogP contribution in [-0.2, 0) is 11.2 Å². The molecule has 0 fully saturated rings. The van der Waals surface area contributed by atoms with Gasteiger partial charge in [-0.25, -0.2) is 14.8 Å². The summed E-state index contributed by atoms with van der Waals surface area (Å²) in [7, 11) is 1.35. The Balaban J connectivity index is 1.38. The minimum absolute atomic E-state index is 0.134. The number of aromatic amines is 1. The van der Waals surface area contributed by atoms with E-state index in [-0.39, 0.29) is 11.9 Å². The van der Waals surface area contributed by atoms with E-state index in [4.69, 9.17) is 32.7 Å². The predicted molar refractivity (Wildman–Crippen MR) is 203 cm³/mol. The molecule has 3 aromatic carbocycles. The average Bonchev–Trinajstić information content (AvgIpc) is 3.67. The van der Waals surface area contributed by atoms with E-state index in [0.29, 0.717) is 53.6 Å². The Morgan fingerprint density at radius 3 is 2.37 bits per heavy atom. The maximum atomic E-state index is 15.0. The molecule has 11 heteroatoms. The van der Waals surface area contributed by atoms with Crippen LogP contribution in [0.5, 0.6) is 5.75 Å². The Morgan fingerprint density at radius 1 is 0.980 bits per heavy atom. The Hall–Kier alpha value is -4.86. The number of esters is 1. The number of halogens is 2. The first-order chi connectivity index (χ1) is 24.4. The number of hydrogen-bond donors (Lipinski definition) is 1. The van der Waals surface area contributed by atoms with Crippen molar-refractivity contribution >= 4 is 62.6 Å². The average molecular weight is 725 g/mol. The third-order valence-corrected chi connectivity index (χ3v) is 10.7. The van der Waals surface area contributed by atoms with Crippen LogP contribution in [0.15, 0.2) is 48.8 Å². The summed E-state index contributed by atoms with van der Waals surface area (Å²) in [6.45, 7) is 12.8. The molecule has 0 aliphatic carbocycles. The number of nitrogens with one attached hydrogen (secondary N) is 1. The smallest absolute Gasteiger partial charge is 0.354 e. The zero-order valence-corrected chi connectivity index (χ0v) is 31.2. The first-order valence-corrected chi connectivity index (χ1v) is 17.7. The van der Waals surface area contributed by atoms with Gasteiger partial charge in [-0.3, -0.25) is 4.79 Å². The second-order valence-corrected chi connectivity index (χ2v) is 14.2. The second kappa shape index (κ2) is 13.4. The predicted octanol–water partition coefficient (Wildman–Crippen LogP) is 9.45. The zero-order valence-electron chi connectivity index (χ0n) is 29.7. The van der Waals surface area contributed by atoms with Crippen LogP contribution in [0.4, 0.5) is 5.69 Å². The van der Waals surface area contributed by atoms with Crippen molar-refractivity contribution in [2.75, 3.05) is 25.2 Å². The summed E-state index contributed by atoms with van der Waals surface area (Å²) >= 11 is 13.5. The number of anilines is 1. The molecule has 0 saturated carbocycles. The second-order valence-electron chi connectivity index (χ2n) is 13.4. The summed E-state index contributed by atoms with van der Waals surface area (Å²) < 4.78 is 13.4. The van der Waals surface area contributed by atoms with E-state index in [1.54, 1.807) is 12.4 Å². The molecule has 6 aromatic rings. The molecule has 4 heterocycles. The van der Waals surface area contributed by atoms with Crippen molar-refractivity contribution in [2.24, 2.45) is 0 Å². The number of H-pyrrole nitrogens is 1. The number of nitrogens with zero attached hydrogens (tertiary/aromatic N) is 4. The number of hydrogen-bond acceptors (Lipinski definition) is 6. The molecular formula is C40H39Cl2N5O4. The van der Waals surface area contributed by atoms with E-state index in [0.717, 1.165) is 71.8 Å². The van der Waals surface area contributed by atoms with E-state index in [9.17, 15) is 4.79 Å². The van der Waals surface area contributed by atoms with Crippen LogP contribution in [0.2, 0.25) is 10.0 Å². The lowest BCUT2D eigenvalue weighted by Crippen LogP contribution is -2.43. The molecule has 262 valence electrons. The molecule has 0 radical (unpaired) electrons. The van der Waals surface area contributed by atoms with Crippen molar-refractivity contribution < 1.29 is 19.1 Å². The molecule has 1 N–H and O–H groups in total. The number of carbonyl (C=O) groups is 2. The highest BCUT2D eigenvalue weighted by atomic mass is 35.5. The van der Waals surface area contributed by atoms with Crippen LogP contribution in [0.1, 0.15) is 74.0 Å². The first-order valence-electron chi connectivity index (χ1n) is 17.0. The van der Waals surface area contributed by atoms with Gasteiger partial charge in [-0.2, -0.15) is 0 Å². The highest BCUT2D eigenvalue weighted by Crippen LogP contribution is 2.45. The molecule has 51 heavy (non-hydrogen) atoms. The third-order valence-electron chi connectivity index (χ3n) is 9.83. The topological polar surface area (TPSA) is 102 Å². The van der Waals surface area contributed by atoms with Crippen LogP contribution >= 0.6 is 23.2 Å². The summed E-state index contributed by atoms with van der Waals surface area (Å²) in [5, 5.41) is 3.08. The molecule has 1 atom stereocenters. The quantitative estimate of drug-likeness (QED) is 0.124. The minimum Gasteiger partial charge on any atom is -0.494 e. The van der Waals surface area contributed by atoms with Gasteiger partial charge in [-0.05, 0) is 113 Å². The maximum Gasteiger partial charge on any atom is 0.354 e. The number of carbonyl (C=O) groups excluding carboxylic acids is 2. The molecule has 7 rings (SSSR count). The van der Waals surface area contributed by atoms with Crippen molar-refractivity contribution in [3.05, 3.63) is 104 Å². The summed E-state index contributed by atoms with van der Waals surface area (Å²) in [5.41, 5.74) is 10.3. The van der Waals surface area contributed by atoms with Gasteiger partial charge in [0.25, 0.3) is 5.91 Å². The lowest BCUT2D eigenvalue weighted by atomic mass is 9.97. The van der Waals surface area contributed by atoms with E-state index in [1.165, 1.54) is 7.11 Å². The summed E-state index contributed by atoms with van der Waals surface area (Å²) in [5.74, 6) is 0.158. The van der Waals surface area contributed by atoms with Crippen LogP contribution in [0.3, 0.4) is 0 Å². The van der Waals surface area contributed by atoms with Gasteiger partial charge < -0.3 is 23.9 Å². The van der Waals surface area contributed by atoms with E-state index in [2.05, 4.69) is 26.4 Å². The van der Waals surface area contributed by atoms with Crippen molar-refractivity contribution in [1.29, 1.82) is 0 Å². The molecule has 0 unspecified atom stereocenters. The molecule has 0 saturated heterocycles. The number of ether oxygens (including phenoxy) is 2. The van der Waals surface area contributed by atoms with E-state index in [1.807, 2.05) is 75.9 Å². The lowest BCUT2D eigenvalue weighted by molar-refractivity contribution is 0.0595. The van der Waals surface area contributed by atoms with Gasteiger partial charge in [0.05, 0.1) is 35.5 Å². The number of aryl methyl sites for hydroxylation is 6. The molecule has 1 aliphatic rings. The molecule has 3 aromatic heterocycles. The van der Waals surface area contributed by atoms with Gasteiger partial charge in [-0.15, -0.1) is 0 Å². The number of methoxy groups -OCH3 is 1. The Kier molecular flexibility index (Phi) is 9.06. The van der Waals surface area contributed by atoms with Gasteiger partial charge in [0.15, 0.2) is 0 Å². The number of rotatable bonds is 8. The zero-order chi connectivity index (χ0) is 36.3. The molecule has 9 nitrogen and oxygen atoms in total. The van der Waals surface area contributed by atoms with Crippen molar-refractivity contribution in [2.45, 2.75) is 60.4 Å². The lowest BCUT2D eigenvalue weighted by Gasteiger charge is -2.35. The van der Waals surface area contributed by atoms with Crippen LogP contribution in [0, 0.1) is 34.6 Å². The fourth-order valence-electron chi connectivity index (χ4n) is 7.56. The minimum atomic E-state index is -0.471. The molecule has 0 bridgehead atoms. The number of fused-ring (bicyclic) bond motifs is 4. The Labute approximate surface area is 306 Å². The van der Waals surface area contributed by atoms with Crippen LogP contribution in [-0.4, -0.2) is 51.7 Å². The summed E-state index contributed by atoms with van der Waals surface area (Å²) in [6.07, 6.45) is 2.80. The van der Waals surface area contributed by atoms with Crippen molar-refractivity contribution in [3.8, 4) is 16.9 Å². The molecular weight excluding hydrogens is 685 g/mol. The molecule has 1 aliphatic heterocycles. The van der Waals surface area contributed by atoms with Gasteiger partial charge in [0.1, 0.15) is 23.5 Å². The molecule has 0 spiro atoms. The van der Waals surface area contributed by atoms with Crippen LogP contribution < -0.4 is 9.64 Å². The summed E-state index contributed by atoms with van der Waals surface area (Å²) in [4.78, 5) is 41.6. The van der Waals surface area contributed by atoms with E-state index >= 15 is 4.79 Å². The van der Waals surface area contributed by atoms with Gasteiger partial charge in [0, 0.05) is 50.9 Å². The number of benzene rings is 3. The monoisotopic (exact) mass is 723 g/mol. The SMILES string of the molecule is COC(=O)c1cc2cc(C)cc(N3C[C@@H](C)n4c(c(CCCOc5cc(C)c(Cl)c(C)c5)c5ccc(Cl)c(-c6c(C)ncnc6C)c54)C3=O)c2[nH]1.